The van der Waals surface area contributed by atoms with Crippen molar-refractivity contribution < 1.29 is 17.9 Å². The zero-order chi connectivity index (χ0) is 15.6. The molecule has 1 saturated heterocycles. The molecule has 0 aliphatic carbocycles. The number of rotatable bonds is 4. The van der Waals surface area contributed by atoms with Gasteiger partial charge < -0.3 is 4.74 Å². The molecule has 0 unspecified atom stereocenters. The van der Waals surface area contributed by atoms with Crippen LogP contribution >= 0.6 is 23.2 Å². The van der Waals surface area contributed by atoms with E-state index in [1.165, 1.54) is 4.31 Å². The van der Waals surface area contributed by atoms with Gasteiger partial charge in [0.25, 0.3) is 0 Å². The normalized spacial score (nSPS) is 19.7. The number of ether oxygens (including phenoxy) is 1. The molecule has 1 aliphatic rings. The molecule has 0 amide bonds. The van der Waals surface area contributed by atoms with Crippen LogP contribution in [0.4, 0.5) is 0 Å². The first-order valence-electron chi connectivity index (χ1n) is 6.36. The Morgan fingerprint density at radius 2 is 2.10 bits per heavy atom. The Kier molecular flexibility index (Phi) is 5.14. The Balaban J connectivity index is 2.00. The number of nitrogens with zero attached hydrogens (tertiary/aromatic N) is 1. The molecule has 21 heavy (non-hydrogen) atoms. The average molecular weight is 352 g/mol. The van der Waals surface area contributed by atoms with Crippen LogP contribution < -0.4 is 0 Å². The van der Waals surface area contributed by atoms with E-state index in [1.807, 2.05) is 0 Å². The molecule has 1 fully saturated rings. The van der Waals surface area contributed by atoms with Gasteiger partial charge in [0.15, 0.2) is 0 Å². The van der Waals surface area contributed by atoms with Crippen molar-refractivity contribution >= 4 is 39.2 Å². The van der Waals surface area contributed by atoms with E-state index in [0.29, 0.717) is 35.0 Å². The summed E-state index contributed by atoms with van der Waals surface area (Å²) in [5.41, 5.74) is 0.696. The van der Waals surface area contributed by atoms with E-state index in [9.17, 15) is 13.2 Å². The second-order valence-corrected chi connectivity index (χ2v) is 7.64. The minimum atomic E-state index is -3.40. The van der Waals surface area contributed by atoms with Crippen LogP contribution in [0.2, 0.25) is 10.0 Å². The summed E-state index contributed by atoms with van der Waals surface area (Å²) in [6, 6.07) is 4.19. The van der Waals surface area contributed by atoms with E-state index in [-0.39, 0.29) is 6.61 Å². The SMILES string of the molecule is CS(=O)(=O)N1CCC[C@H]1C(=O)OCc1ccc(Cl)c(Cl)c1. The number of sulfonamides is 1. The zero-order valence-electron chi connectivity index (χ0n) is 11.4. The van der Waals surface area contributed by atoms with Crippen LogP contribution in [0.5, 0.6) is 0 Å². The highest BCUT2D eigenvalue weighted by atomic mass is 35.5. The molecule has 5 nitrogen and oxygen atoms in total. The fourth-order valence-electron chi connectivity index (χ4n) is 2.25. The van der Waals surface area contributed by atoms with Gasteiger partial charge in [-0.2, -0.15) is 4.31 Å². The Morgan fingerprint density at radius 1 is 1.38 bits per heavy atom. The van der Waals surface area contributed by atoms with Gasteiger partial charge in [0.05, 0.1) is 16.3 Å². The molecule has 8 heteroatoms. The fraction of sp³-hybridized carbons (Fsp3) is 0.462. The highest BCUT2D eigenvalue weighted by Gasteiger charge is 2.37. The fourth-order valence-corrected chi connectivity index (χ4v) is 3.69. The topological polar surface area (TPSA) is 63.7 Å². The zero-order valence-corrected chi connectivity index (χ0v) is 13.7. The minimum absolute atomic E-state index is 0.0316. The third kappa shape index (κ3) is 4.10. The molecule has 1 atom stereocenters. The van der Waals surface area contributed by atoms with Crippen LogP contribution in [-0.4, -0.2) is 37.5 Å². The van der Waals surface area contributed by atoms with Gasteiger partial charge in [-0.15, -0.1) is 0 Å². The first-order valence-corrected chi connectivity index (χ1v) is 8.97. The molecule has 2 rings (SSSR count). The van der Waals surface area contributed by atoms with E-state index in [1.54, 1.807) is 18.2 Å². The smallest absolute Gasteiger partial charge is 0.324 e. The molecule has 1 heterocycles. The van der Waals surface area contributed by atoms with Gasteiger partial charge >= 0.3 is 5.97 Å². The molecule has 0 radical (unpaired) electrons. The van der Waals surface area contributed by atoms with Gasteiger partial charge in [-0.1, -0.05) is 29.3 Å². The Morgan fingerprint density at radius 3 is 2.71 bits per heavy atom. The molecule has 116 valence electrons. The lowest BCUT2D eigenvalue weighted by molar-refractivity contribution is -0.148. The van der Waals surface area contributed by atoms with Crippen LogP contribution in [0.1, 0.15) is 18.4 Å². The van der Waals surface area contributed by atoms with E-state index >= 15 is 0 Å². The Hall–Kier alpha value is -0.820. The van der Waals surface area contributed by atoms with E-state index in [0.717, 1.165) is 6.26 Å². The van der Waals surface area contributed by atoms with Crippen LogP contribution in [0.25, 0.3) is 0 Å². The summed E-state index contributed by atoms with van der Waals surface area (Å²) < 4.78 is 29.6. The summed E-state index contributed by atoms with van der Waals surface area (Å²) in [6.45, 7) is 0.384. The van der Waals surface area contributed by atoms with Gasteiger partial charge in [-0.25, -0.2) is 8.42 Å². The second kappa shape index (κ2) is 6.52. The predicted octanol–water partition coefficient (Wildman–Crippen LogP) is 2.46. The molecular formula is C13H15Cl2NO4S. The van der Waals surface area contributed by atoms with E-state index < -0.39 is 22.0 Å². The van der Waals surface area contributed by atoms with Crippen molar-refractivity contribution in [3.05, 3.63) is 33.8 Å². The number of carbonyl (C=O) groups is 1. The van der Waals surface area contributed by atoms with Crippen LogP contribution in [0.3, 0.4) is 0 Å². The summed E-state index contributed by atoms with van der Waals surface area (Å²) >= 11 is 11.7. The first kappa shape index (κ1) is 16.5. The highest BCUT2D eigenvalue weighted by Crippen LogP contribution is 2.24. The van der Waals surface area contributed by atoms with Crippen molar-refractivity contribution in [3.8, 4) is 0 Å². The summed E-state index contributed by atoms with van der Waals surface area (Å²) in [7, 11) is -3.40. The molecule has 1 aliphatic heterocycles. The van der Waals surface area contributed by atoms with Crippen LogP contribution in [-0.2, 0) is 26.2 Å². The lowest BCUT2D eigenvalue weighted by Crippen LogP contribution is -2.40. The molecular weight excluding hydrogens is 337 g/mol. The van der Waals surface area contributed by atoms with Crippen molar-refractivity contribution in [2.75, 3.05) is 12.8 Å². The number of hydrogen-bond donors (Lipinski definition) is 0. The lowest BCUT2D eigenvalue weighted by Gasteiger charge is -2.20. The largest absolute Gasteiger partial charge is 0.460 e. The monoisotopic (exact) mass is 351 g/mol. The molecule has 0 spiro atoms. The molecule has 0 aromatic heterocycles. The predicted molar refractivity (Wildman–Crippen MR) is 80.8 cm³/mol. The summed E-state index contributed by atoms with van der Waals surface area (Å²) in [5.74, 6) is -0.538. The van der Waals surface area contributed by atoms with Gasteiger partial charge in [-0.3, -0.25) is 4.79 Å². The first-order chi connectivity index (χ1) is 9.79. The second-order valence-electron chi connectivity index (χ2n) is 4.89. The van der Waals surface area contributed by atoms with Gasteiger partial charge in [0.2, 0.25) is 10.0 Å². The van der Waals surface area contributed by atoms with Gasteiger partial charge in [-0.05, 0) is 30.5 Å². The summed E-state index contributed by atoms with van der Waals surface area (Å²) in [5, 5.41) is 0.801. The van der Waals surface area contributed by atoms with Crippen LogP contribution in [0.15, 0.2) is 18.2 Å². The quantitative estimate of drug-likeness (QED) is 0.781. The van der Waals surface area contributed by atoms with E-state index in [2.05, 4.69) is 0 Å². The van der Waals surface area contributed by atoms with Crippen molar-refractivity contribution in [1.82, 2.24) is 4.31 Å². The Bertz CT molecular complexity index is 648. The van der Waals surface area contributed by atoms with Crippen LogP contribution in [0, 0.1) is 0 Å². The molecule has 0 bridgehead atoms. The third-order valence-electron chi connectivity index (χ3n) is 3.27. The molecule has 0 saturated carbocycles. The van der Waals surface area contributed by atoms with Crippen molar-refractivity contribution in [3.63, 3.8) is 0 Å². The van der Waals surface area contributed by atoms with Gasteiger partial charge in [0.1, 0.15) is 12.6 Å². The van der Waals surface area contributed by atoms with Crippen molar-refractivity contribution in [1.29, 1.82) is 0 Å². The molecule has 1 aromatic rings. The minimum Gasteiger partial charge on any atom is -0.460 e. The molecule has 0 N–H and O–H groups in total. The number of carbonyl (C=O) groups excluding carboxylic acids is 1. The number of hydrogen-bond acceptors (Lipinski definition) is 4. The van der Waals surface area contributed by atoms with Crippen molar-refractivity contribution in [2.24, 2.45) is 0 Å². The summed E-state index contributed by atoms with van der Waals surface area (Å²) in [4.78, 5) is 12.0. The van der Waals surface area contributed by atoms with Crippen molar-refractivity contribution in [2.45, 2.75) is 25.5 Å². The van der Waals surface area contributed by atoms with Gasteiger partial charge in [0, 0.05) is 6.54 Å². The number of esters is 1. The Labute approximate surface area is 133 Å². The number of benzene rings is 1. The average Bonchev–Trinajstić information content (AvgIpc) is 2.89. The number of halogens is 2. The molecule has 1 aromatic carbocycles. The standard InChI is InChI=1S/C13H15Cl2NO4S/c1-21(18,19)16-6-2-3-12(16)13(17)20-8-9-4-5-10(14)11(15)7-9/h4-5,7,12H,2-3,6,8H2,1H3/t12-/m0/s1. The third-order valence-corrected chi connectivity index (χ3v) is 5.29. The highest BCUT2D eigenvalue weighted by molar-refractivity contribution is 7.88. The van der Waals surface area contributed by atoms with E-state index in [4.69, 9.17) is 27.9 Å². The maximum Gasteiger partial charge on any atom is 0.324 e. The maximum atomic E-state index is 12.0. The lowest BCUT2D eigenvalue weighted by atomic mass is 10.2. The maximum absolute atomic E-state index is 12.0. The summed E-state index contributed by atoms with van der Waals surface area (Å²) in [6.07, 6.45) is 2.23.